The average Bonchev–Trinajstić information content (AvgIpc) is 3.72. The van der Waals surface area contributed by atoms with Crippen LogP contribution < -0.4 is 15.2 Å². The number of aromatic nitrogens is 2. The number of para-hydroxylation sites is 1. The molecule has 1 aliphatic carbocycles. The Morgan fingerprint density at radius 3 is 2.69 bits per heavy atom. The standard InChI is InChI=1S/C30H40N4O2/c1-4-5-16-32(2)24-14-15-27-26(18-24)30(35)34(29(31-27)25-10-6-7-11-28(25)36-3)21-23-9-8-17-33(20-23)19-22-12-13-22/h6-7,10-11,14-15,18,22-23H,4-5,8-9,12-13,16-17,19-21H2,1-3H3. The number of benzene rings is 2. The predicted octanol–water partition coefficient (Wildman–Crippen LogP) is 5.43. The number of unbranched alkanes of at least 4 members (excludes halogenated alkanes) is 1. The average molecular weight is 489 g/mol. The van der Waals surface area contributed by atoms with Crippen molar-refractivity contribution in [1.29, 1.82) is 0 Å². The van der Waals surface area contributed by atoms with Gasteiger partial charge in [-0.1, -0.05) is 25.5 Å². The van der Waals surface area contributed by atoms with Crippen LogP contribution >= 0.6 is 0 Å². The summed E-state index contributed by atoms with van der Waals surface area (Å²) in [7, 11) is 3.78. The fraction of sp³-hybridized carbons (Fsp3) is 0.533. The van der Waals surface area contributed by atoms with Gasteiger partial charge in [0.1, 0.15) is 11.6 Å². The molecule has 1 saturated carbocycles. The van der Waals surface area contributed by atoms with Gasteiger partial charge >= 0.3 is 0 Å². The van der Waals surface area contributed by atoms with Crippen LogP contribution in [0.5, 0.6) is 5.75 Å². The number of methoxy groups -OCH3 is 1. The van der Waals surface area contributed by atoms with E-state index in [4.69, 9.17) is 9.72 Å². The van der Waals surface area contributed by atoms with Crippen LogP contribution in [0.2, 0.25) is 0 Å². The molecule has 192 valence electrons. The maximum Gasteiger partial charge on any atom is 0.261 e. The summed E-state index contributed by atoms with van der Waals surface area (Å²) in [5.74, 6) is 2.78. The van der Waals surface area contributed by atoms with E-state index in [1.807, 2.05) is 41.0 Å². The summed E-state index contributed by atoms with van der Waals surface area (Å²) in [6.07, 6.45) is 7.38. The Labute approximate surface area is 214 Å². The summed E-state index contributed by atoms with van der Waals surface area (Å²) in [6.45, 7) is 7.33. The van der Waals surface area contributed by atoms with E-state index in [0.717, 1.165) is 60.8 Å². The highest BCUT2D eigenvalue weighted by molar-refractivity contribution is 5.84. The second kappa shape index (κ2) is 11.0. The Morgan fingerprint density at radius 2 is 1.92 bits per heavy atom. The third kappa shape index (κ3) is 5.44. The fourth-order valence-electron chi connectivity index (χ4n) is 5.56. The molecular weight excluding hydrogens is 448 g/mol. The Bertz CT molecular complexity index is 1250. The molecule has 1 atom stereocenters. The molecule has 1 aliphatic heterocycles. The minimum Gasteiger partial charge on any atom is -0.496 e. The number of fused-ring (bicyclic) bond motifs is 1. The highest BCUT2D eigenvalue weighted by Crippen LogP contribution is 2.33. The lowest BCUT2D eigenvalue weighted by atomic mass is 9.97. The van der Waals surface area contributed by atoms with Crippen LogP contribution in [-0.2, 0) is 6.54 Å². The van der Waals surface area contributed by atoms with Gasteiger partial charge in [0.2, 0.25) is 0 Å². The molecule has 0 bridgehead atoms. The molecule has 1 aromatic heterocycles. The molecule has 1 unspecified atom stereocenters. The third-order valence-corrected chi connectivity index (χ3v) is 7.83. The zero-order chi connectivity index (χ0) is 25.1. The molecule has 2 fully saturated rings. The normalized spacial score (nSPS) is 18.5. The molecule has 0 spiro atoms. The highest BCUT2D eigenvalue weighted by atomic mass is 16.5. The SMILES string of the molecule is CCCCN(C)c1ccc2nc(-c3ccccc3OC)n(CC3CCCN(CC4CC4)C3)c(=O)c2c1. The van der Waals surface area contributed by atoms with Gasteiger partial charge in [-0.05, 0) is 80.8 Å². The summed E-state index contributed by atoms with van der Waals surface area (Å²) in [5.41, 5.74) is 2.73. The highest BCUT2D eigenvalue weighted by Gasteiger charge is 2.28. The van der Waals surface area contributed by atoms with E-state index in [0.29, 0.717) is 23.7 Å². The lowest BCUT2D eigenvalue weighted by Crippen LogP contribution is -2.39. The third-order valence-electron chi connectivity index (χ3n) is 7.83. The van der Waals surface area contributed by atoms with Crippen LogP contribution in [0.25, 0.3) is 22.3 Å². The smallest absolute Gasteiger partial charge is 0.261 e. The number of nitrogens with zero attached hydrogens (tertiary/aromatic N) is 4. The number of hydrogen-bond acceptors (Lipinski definition) is 5. The summed E-state index contributed by atoms with van der Waals surface area (Å²) in [5, 5.41) is 0.695. The van der Waals surface area contributed by atoms with Crippen molar-refractivity contribution in [2.24, 2.45) is 11.8 Å². The van der Waals surface area contributed by atoms with Gasteiger partial charge in [-0.2, -0.15) is 0 Å². The van der Waals surface area contributed by atoms with Gasteiger partial charge in [0.05, 0.1) is 23.6 Å². The van der Waals surface area contributed by atoms with Gasteiger partial charge in [0, 0.05) is 38.9 Å². The van der Waals surface area contributed by atoms with Gasteiger partial charge in [-0.25, -0.2) is 4.98 Å². The minimum absolute atomic E-state index is 0.0472. The molecule has 0 radical (unpaired) electrons. The van der Waals surface area contributed by atoms with Gasteiger partial charge in [0.25, 0.3) is 5.56 Å². The summed E-state index contributed by atoms with van der Waals surface area (Å²) < 4.78 is 7.61. The number of likely N-dealkylation sites (tertiary alicyclic amines) is 1. The van der Waals surface area contributed by atoms with Crippen molar-refractivity contribution in [1.82, 2.24) is 14.5 Å². The van der Waals surface area contributed by atoms with E-state index in [-0.39, 0.29) is 5.56 Å². The van der Waals surface area contributed by atoms with E-state index in [2.05, 4.69) is 29.8 Å². The van der Waals surface area contributed by atoms with Crippen LogP contribution in [-0.4, -0.2) is 54.8 Å². The number of rotatable bonds is 10. The van der Waals surface area contributed by atoms with Crippen LogP contribution in [0, 0.1) is 11.8 Å². The minimum atomic E-state index is 0.0472. The fourth-order valence-corrected chi connectivity index (χ4v) is 5.56. The molecule has 2 aliphatic rings. The van der Waals surface area contributed by atoms with E-state index >= 15 is 0 Å². The summed E-state index contributed by atoms with van der Waals surface area (Å²) >= 11 is 0. The zero-order valence-corrected chi connectivity index (χ0v) is 22.1. The van der Waals surface area contributed by atoms with E-state index in [9.17, 15) is 4.79 Å². The van der Waals surface area contributed by atoms with E-state index in [1.54, 1.807) is 7.11 Å². The maximum atomic E-state index is 14.1. The maximum absolute atomic E-state index is 14.1. The molecule has 2 aromatic carbocycles. The van der Waals surface area contributed by atoms with Crippen LogP contribution in [0.3, 0.4) is 0 Å². The molecule has 6 nitrogen and oxygen atoms in total. The first-order valence-electron chi connectivity index (χ1n) is 13.7. The Kier molecular flexibility index (Phi) is 7.61. The monoisotopic (exact) mass is 488 g/mol. The molecule has 5 rings (SSSR count). The zero-order valence-electron chi connectivity index (χ0n) is 22.1. The molecule has 3 aromatic rings. The number of anilines is 1. The molecule has 2 heterocycles. The molecule has 6 heteroatoms. The Hall–Kier alpha value is -2.86. The van der Waals surface area contributed by atoms with Gasteiger partial charge in [-0.3, -0.25) is 9.36 Å². The summed E-state index contributed by atoms with van der Waals surface area (Å²) in [4.78, 5) is 24.0. The Balaban J connectivity index is 1.55. The first-order chi connectivity index (χ1) is 17.6. The van der Waals surface area contributed by atoms with E-state index in [1.165, 1.54) is 32.4 Å². The second-order valence-corrected chi connectivity index (χ2v) is 10.7. The van der Waals surface area contributed by atoms with Crippen LogP contribution in [0.4, 0.5) is 5.69 Å². The van der Waals surface area contributed by atoms with Crippen molar-refractivity contribution in [3.05, 3.63) is 52.8 Å². The lowest BCUT2D eigenvalue weighted by Gasteiger charge is -2.33. The van der Waals surface area contributed by atoms with Crippen molar-refractivity contribution < 1.29 is 4.74 Å². The number of ether oxygens (including phenoxy) is 1. The van der Waals surface area contributed by atoms with Crippen molar-refractivity contribution >= 4 is 16.6 Å². The van der Waals surface area contributed by atoms with Gasteiger partial charge in [-0.15, -0.1) is 0 Å². The number of piperidine rings is 1. The topological polar surface area (TPSA) is 50.6 Å². The van der Waals surface area contributed by atoms with Crippen molar-refractivity contribution in [3.63, 3.8) is 0 Å². The number of hydrogen-bond donors (Lipinski definition) is 0. The predicted molar refractivity (Wildman–Crippen MR) is 148 cm³/mol. The van der Waals surface area contributed by atoms with Crippen molar-refractivity contribution in [2.75, 3.05) is 45.2 Å². The summed E-state index contributed by atoms with van der Waals surface area (Å²) in [6, 6.07) is 14.0. The molecule has 36 heavy (non-hydrogen) atoms. The van der Waals surface area contributed by atoms with Crippen molar-refractivity contribution in [2.45, 2.75) is 52.0 Å². The lowest BCUT2D eigenvalue weighted by molar-refractivity contribution is 0.156. The largest absolute Gasteiger partial charge is 0.496 e. The molecule has 1 saturated heterocycles. The molecule has 0 N–H and O–H groups in total. The van der Waals surface area contributed by atoms with Crippen LogP contribution in [0.15, 0.2) is 47.3 Å². The van der Waals surface area contributed by atoms with Gasteiger partial charge in [0.15, 0.2) is 0 Å². The first kappa shape index (κ1) is 24.8. The Morgan fingerprint density at radius 1 is 1.08 bits per heavy atom. The van der Waals surface area contributed by atoms with E-state index < -0.39 is 0 Å². The molecule has 0 amide bonds. The first-order valence-corrected chi connectivity index (χ1v) is 13.7. The second-order valence-electron chi connectivity index (χ2n) is 10.7. The quantitative estimate of drug-likeness (QED) is 0.381. The van der Waals surface area contributed by atoms with Crippen LogP contribution in [0.1, 0.15) is 45.4 Å². The van der Waals surface area contributed by atoms with Gasteiger partial charge < -0.3 is 14.5 Å². The molecular formula is C30H40N4O2. The van der Waals surface area contributed by atoms with Crippen molar-refractivity contribution in [3.8, 4) is 17.1 Å².